The molecule has 0 aliphatic heterocycles. The van der Waals surface area contributed by atoms with E-state index in [-0.39, 0.29) is 5.78 Å². The molecule has 0 N–H and O–H groups in total. The van der Waals surface area contributed by atoms with Gasteiger partial charge < -0.3 is 4.74 Å². The maximum absolute atomic E-state index is 12.5. The molecule has 1 heterocycles. The molecule has 0 aliphatic carbocycles. The molecule has 1 aromatic heterocycles. The van der Waals surface area contributed by atoms with Crippen molar-refractivity contribution < 1.29 is 9.53 Å². The number of rotatable bonds is 3. The second-order valence-electron chi connectivity index (χ2n) is 4.06. The molecule has 0 bridgehead atoms. The summed E-state index contributed by atoms with van der Waals surface area (Å²) in [4.78, 5) is 13.1. The van der Waals surface area contributed by atoms with Crippen molar-refractivity contribution in [3.8, 4) is 5.75 Å². The van der Waals surface area contributed by atoms with E-state index in [1.165, 1.54) is 11.3 Å². The van der Waals surface area contributed by atoms with Gasteiger partial charge in [0.25, 0.3) is 0 Å². The first kappa shape index (κ1) is 13.3. The fraction of sp³-hybridized carbons (Fsp3) is 0.214. The van der Waals surface area contributed by atoms with Crippen LogP contribution in [0.15, 0.2) is 28.1 Å². The highest BCUT2D eigenvalue weighted by atomic mass is 79.9. The maximum atomic E-state index is 12.5. The standard InChI is InChI=1S/C14H13BrO2S/c1-8-7-11(15)9(2)6-10(8)13(16)14-12(17-3)4-5-18-14/h4-7H,1-3H3. The molecule has 94 valence electrons. The number of carbonyl (C=O) groups is 1. The number of hydrogen-bond acceptors (Lipinski definition) is 3. The molecule has 1 aromatic carbocycles. The third-order valence-corrected chi connectivity index (χ3v) is 4.55. The molecule has 0 amide bonds. The summed E-state index contributed by atoms with van der Waals surface area (Å²) in [5, 5.41) is 1.87. The van der Waals surface area contributed by atoms with E-state index in [1.54, 1.807) is 7.11 Å². The van der Waals surface area contributed by atoms with Crippen molar-refractivity contribution in [2.45, 2.75) is 13.8 Å². The predicted molar refractivity (Wildman–Crippen MR) is 77.9 cm³/mol. The molecule has 2 aromatic rings. The van der Waals surface area contributed by atoms with E-state index < -0.39 is 0 Å². The molecule has 0 unspecified atom stereocenters. The van der Waals surface area contributed by atoms with Crippen LogP contribution in [-0.2, 0) is 0 Å². The monoisotopic (exact) mass is 324 g/mol. The molecule has 0 spiro atoms. The van der Waals surface area contributed by atoms with Crippen LogP contribution in [0.5, 0.6) is 5.75 Å². The zero-order valence-electron chi connectivity index (χ0n) is 10.4. The van der Waals surface area contributed by atoms with Crippen molar-refractivity contribution in [2.75, 3.05) is 7.11 Å². The van der Waals surface area contributed by atoms with E-state index >= 15 is 0 Å². The molecule has 0 aliphatic rings. The van der Waals surface area contributed by atoms with Gasteiger partial charge in [-0.2, -0.15) is 0 Å². The molecule has 2 nitrogen and oxygen atoms in total. The van der Waals surface area contributed by atoms with Crippen LogP contribution >= 0.6 is 27.3 Å². The Balaban J connectivity index is 2.50. The quantitative estimate of drug-likeness (QED) is 0.784. The predicted octanol–water partition coefficient (Wildman–Crippen LogP) is 4.37. The first-order valence-electron chi connectivity index (χ1n) is 5.47. The molecule has 0 radical (unpaired) electrons. The van der Waals surface area contributed by atoms with Crippen LogP contribution in [0.2, 0.25) is 0 Å². The lowest BCUT2D eigenvalue weighted by Crippen LogP contribution is -2.04. The summed E-state index contributed by atoms with van der Waals surface area (Å²) in [6.45, 7) is 3.92. The lowest BCUT2D eigenvalue weighted by atomic mass is 10.0. The Morgan fingerprint density at radius 3 is 2.67 bits per heavy atom. The van der Waals surface area contributed by atoms with Gasteiger partial charge in [-0.3, -0.25) is 4.79 Å². The Bertz CT molecular complexity index is 602. The summed E-state index contributed by atoms with van der Waals surface area (Å²) in [6.07, 6.45) is 0. The van der Waals surface area contributed by atoms with Crippen molar-refractivity contribution in [1.29, 1.82) is 0 Å². The van der Waals surface area contributed by atoms with Crippen molar-refractivity contribution >= 4 is 33.0 Å². The first-order valence-corrected chi connectivity index (χ1v) is 7.14. The highest BCUT2D eigenvalue weighted by molar-refractivity contribution is 9.10. The van der Waals surface area contributed by atoms with E-state index in [0.29, 0.717) is 10.6 Å². The summed E-state index contributed by atoms with van der Waals surface area (Å²) in [5.74, 6) is 0.667. The summed E-state index contributed by atoms with van der Waals surface area (Å²) < 4.78 is 6.22. The van der Waals surface area contributed by atoms with Gasteiger partial charge >= 0.3 is 0 Å². The average molecular weight is 325 g/mol. The van der Waals surface area contributed by atoms with E-state index in [0.717, 1.165) is 21.2 Å². The van der Waals surface area contributed by atoms with Crippen LogP contribution in [0.25, 0.3) is 0 Å². The Kier molecular flexibility index (Phi) is 3.88. The molecular formula is C14H13BrO2S. The number of hydrogen-bond donors (Lipinski definition) is 0. The minimum atomic E-state index is 0.0231. The number of thiophene rings is 1. The molecule has 0 saturated carbocycles. The van der Waals surface area contributed by atoms with Gasteiger partial charge in [0.2, 0.25) is 5.78 Å². The van der Waals surface area contributed by atoms with Crippen LogP contribution in [-0.4, -0.2) is 12.9 Å². The smallest absolute Gasteiger partial charge is 0.207 e. The van der Waals surface area contributed by atoms with Gasteiger partial charge in [0, 0.05) is 10.0 Å². The fourth-order valence-electron chi connectivity index (χ4n) is 1.77. The third-order valence-electron chi connectivity index (χ3n) is 2.81. The van der Waals surface area contributed by atoms with Crippen LogP contribution in [0.3, 0.4) is 0 Å². The zero-order valence-corrected chi connectivity index (χ0v) is 12.8. The van der Waals surface area contributed by atoms with Crippen LogP contribution < -0.4 is 4.74 Å². The van der Waals surface area contributed by atoms with Crippen molar-refractivity contribution in [2.24, 2.45) is 0 Å². The SMILES string of the molecule is COc1ccsc1C(=O)c1cc(C)c(Br)cc1C. The second kappa shape index (κ2) is 5.24. The molecule has 2 rings (SSSR count). The fourth-order valence-corrected chi connectivity index (χ4v) is 3.04. The normalized spacial score (nSPS) is 10.4. The van der Waals surface area contributed by atoms with Gasteiger partial charge in [-0.05, 0) is 48.6 Å². The summed E-state index contributed by atoms with van der Waals surface area (Å²) in [7, 11) is 1.58. The summed E-state index contributed by atoms with van der Waals surface area (Å²) in [6, 6.07) is 5.71. The van der Waals surface area contributed by atoms with Crippen molar-refractivity contribution in [1.82, 2.24) is 0 Å². The Morgan fingerprint density at radius 2 is 2.00 bits per heavy atom. The van der Waals surface area contributed by atoms with Crippen LogP contribution in [0.4, 0.5) is 0 Å². The number of ether oxygens (including phenoxy) is 1. The highest BCUT2D eigenvalue weighted by Gasteiger charge is 2.18. The van der Waals surface area contributed by atoms with Gasteiger partial charge in [-0.15, -0.1) is 11.3 Å². The topological polar surface area (TPSA) is 26.3 Å². The molecule has 18 heavy (non-hydrogen) atoms. The molecule has 0 atom stereocenters. The van der Waals surface area contributed by atoms with Gasteiger partial charge in [0.15, 0.2) is 0 Å². The minimum Gasteiger partial charge on any atom is -0.495 e. The van der Waals surface area contributed by atoms with Gasteiger partial charge in [0.1, 0.15) is 10.6 Å². The Hall–Kier alpha value is -1.13. The third kappa shape index (κ3) is 2.35. The zero-order chi connectivity index (χ0) is 13.3. The largest absolute Gasteiger partial charge is 0.495 e. The van der Waals surface area contributed by atoms with Crippen molar-refractivity contribution in [3.05, 3.63) is 49.6 Å². The van der Waals surface area contributed by atoms with Crippen LogP contribution in [0.1, 0.15) is 26.4 Å². The van der Waals surface area contributed by atoms with Gasteiger partial charge in [-0.25, -0.2) is 0 Å². The summed E-state index contributed by atoms with van der Waals surface area (Å²) >= 11 is 4.88. The number of methoxy groups -OCH3 is 1. The number of benzene rings is 1. The van der Waals surface area contributed by atoms with E-state index in [9.17, 15) is 4.79 Å². The van der Waals surface area contributed by atoms with E-state index in [2.05, 4.69) is 15.9 Å². The van der Waals surface area contributed by atoms with E-state index in [1.807, 2.05) is 37.4 Å². The molecule has 0 fully saturated rings. The lowest BCUT2D eigenvalue weighted by Gasteiger charge is -2.08. The molecule has 4 heteroatoms. The van der Waals surface area contributed by atoms with Gasteiger partial charge in [-0.1, -0.05) is 15.9 Å². The lowest BCUT2D eigenvalue weighted by molar-refractivity contribution is 0.103. The second-order valence-corrected chi connectivity index (χ2v) is 5.83. The van der Waals surface area contributed by atoms with Crippen molar-refractivity contribution in [3.63, 3.8) is 0 Å². The Morgan fingerprint density at radius 1 is 1.28 bits per heavy atom. The molecular weight excluding hydrogens is 312 g/mol. The Labute approximate surface area is 119 Å². The minimum absolute atomic E-state index is 0.0231. The molecule has 0 saturated heterocycles. The highest BCUT2D eigenvalue weighted by Crippen LogP contribution is 2.30. The maximum Gasteiger partial charge on any atom is 0.207 e. The number of ketones is 1. The number of carbonyl (C=O) groups excluding carboxylic acids is 1. The van der Waals surface area contributed by atoms with Gasteiger partial charge in [0.05, 0.1) is 7.11 Å². The summed E-state index contributed by atoms with van der Waals surface area (Å²) in [5.41, 5.74) is 2.75. The average Bonchev–Trinajstić information content (AvgIpc) is 2.81. The van der Waals surface area contributed by atoms with Crippen LogP contribution in [0, 0.1) is 13.8 Å². The first-order chi connectivity index (χ1) is 8.54. The number of halogens is 1. The number of aryl methyl sites for hydroxylation is 2. The van der Waals surface area contributed by atoms with E-state index in [4.69, 9.17) is 4.74 Å².